The van der Waals surface area contributed by atoms with Crippen LogP contribution < -0.4 is 23.8 Å². The molecular formula is C16H30LiO5PS2. The van der Waals surface area contributed by atoms with E-state index in [0.717, 1.165) is 62.0 Å². The Morgan fingerprint density at radius 1 is 1.08 bits per heavy atom. The summed E-state index contributed by atoms with van der Waals surface area (Å²) in [6.45, 7) is 4.13. The molecule has 0 rings (SSSR count). The monoisotopic (exact) mass is 404 g/mol. The zero-order valence-electron chi connectivity index (χ0n) is 16.6. The quantitative estimate of drug-likeness (QED) is 0.262. The third-order valence-electron chi connectivity index (χ3n) is 3.41. The van der Waals surface area contributed by atoms with E-state index in [9.17, 15) is 24.2 Å². The molecule has 0 aliphatic carbocycles. The van der Waals surface area contributed by atoms with Crippen LogP contribution in [0.2, 0.25) is 0 Å². The van der Waals surface area contributed by atoms with E-state index in [1.54, 1.807) is 0 Å². The Morgan fingerprint density at radius 2 is 1.60 bits per heavy atom. The SMILES string of the molecule is CCCCCC(=O)SCC(CC(O)[P+](=O)[O-])SC(=O)CCCCC.[H-].[Li+]. The predicted octanol–water partition coefficient (Wildman–Crippen LogP) is 0.963. The van der Waals surface area contributed by atoms with Gasteiger partial charge in [-0.05, 0) is 12.8 Å². The van der Waals surface area contributed by atoms with Gasteiger partial charge in [0.05, 0.1) is 0 Å². The molecule has 9 heteroatoms. The van der Waals surface area contributed by atoms with Gasteiger partial charge in [-0.25, -0.2) is 0 Å². The van der Waals surface area contributed by atoms with Crippen LogP contribution in [0, 0.1) is 0 Å². The molecule has 0 heterocycles. The van der Waals surface area contributed by atoms with Gasteiger partial charge in [-0.2, -0.15) is 0 Å². The van der Waals surface area contributed by atoms with Crippen molar-refractivity contribution >= 4 is 41.8 Å². The minimum absolute atomic E-state index is 0. The van der Waals surface area contributed by atoms with Gasteiger partial charge in [-0.1, -0.05) is 67.6 Å². The van der Waals surface area contributed by atoms with Crippen LogP contribution in [0.5, 0.6) is 0 Å². The van der Waals surface area contributed by atoms with Crippen molar-refractivity contribution in [2.75, 3.05) is 5.75 Å². The van der Waals surface area contributed by atoms with E-state index in [4.69, 9.17) is 0 Å². The maximum Gasteiger partial charge on any atom is 1.00 e. The van der Waals surface area contributed by atoms with Crippen LogP contribution in [0.15, 0.2) is 0 Å². The molecule has 1 N–H and O–H groups in total. The third-order valence-corrected chi connectivity index (χ3v) is 6.58. The molecular weight excluding hydrogens is 374 g/mol. The molecule has 142 valence electrons. The van der Waals surface area contributed by atoms with Crippen LogP contribution in [0.25, 0.3) is 0 Å². The number of carbonyl (C=O) groups is 2. The standard InChI is InChI=1S/C16H29O5PS2.Li.H/c1-3-5-7-9-15(18)23-12-13(11-14(17)22(20)21)24-16(19)10-8-6-4-2;;/h13-14,17H,3-12H2,1-2H3;;/q;+1;-1. The summed E-state index contributed by atoms with van der Waals surface area (Å²) in [4.78, 5) is 34.7. The van der Waals surface area contributed by atoms with Gasteiger partial charge >= 0.3 is 26.9 Å². The molecule has 3 atom stereocenters. The number of unbranched alkanes of at least 4 members (excludes halogenated alkanes) is 4. The van der Waals surface area contributed by atoms with E-state index >= 15 is 0 Å². The number of carbonyl (C=O) groups excluding carboxylic acids is 2. The molecule has 0 bridgehead atoms. The third kappa shape index (κ3) is 16.5. The van der Waals surface area contributed by atoms with Crippen molar-refractivity contribution in [2.45, 2.75) is 82.7 Å². The van der Waals surface area contributed by atoms with Crippen LogP contribution in [-0.2, 0) is 14.2 Å². The first-order valence-electron chi connectivity index (χ1n) is 8.57. The maximum atomic E-state index is 12.0. The van der Waals surface area contributed by atoms with Crippen LogP contribution in [0.1, 0.15) is 73.1 Å². The van der Waals surface area contributed by atoms with Gasteiger partial charge in [-0.15, -0.1) is 0 Å². The number of aliphatic hydroxyl groups is 1. The van der Waals surface area contributed by atoms with Crippen molar-refractivity contribution in [3.05, 3.63) is 0 Å². The smallest absolute Gasteiger partial charge is 1.00 e. The van der Waals surface area contributed by atoms with Gasteiger partial charge in [0.15, 0.2) is 10.2 Å². The van der Waals surface area contributed by atoms with E-state index in [2.05, 4.69) is 13.8 Å². The first kappa shape index (κ1) is 27.9. The molecule has 0 aromatic carbocycles. The molecule has 0 amide bonds. The summed E-state index contributed by atoms with van der Waals surface area (Å²) in [5, 5.41) is 9.25. The maximum absolute atomic E-state index is 12.0. The first-order valence-corrected chi connectivity index (χ1v) is 11.7. The van der Waals surface area contributed by atoms with Crippen LogP contribution in [0.3, 0.4) is 0 Å². The number of rotatable bonds is 14. The summed E-state index contributed by atoms with van der Waals surface area (Å²) in [5.74, 6) is -1.10. The Kier molecular flexibility index (Phi) is 20.1. The fraction of sp³-hybridized carbons (Fsp3) is 0.875. The minimum Gasteiger partial charge on any atom is -1.00 e. The average Bonchev–Trinajstić information content (AvgIpc) is 2.53. The zero-order chi connectivity index (χ0) is 18.4. The van der Waals surface area contributed by atoms with Gasteiger partial charge < -0.3 is 11.4 Å². The van der Waals surface area contributed by atoms with Crippen molar-refractivity contribution < 1.29 is 44.4 Å². The molecule has 0 aromatic rings. The van der Waals surface area contributed by atoms with Gasteiger partial charge in [0, 0.05) is 30.3 Å². The predicted molar refractivity (Wildman–Crippen MR) is 101 cm³/mol. The second-order valence-electron chi connectivity index (χ2n) is 5.71. The molecule has 25 heavy (non-hydrogen) atoms. The van der Waals surface area contributed by atoms with E-state index in [0.29, 0.717) is 18.6 Å². The van der Waals surface area contributed by atoms with Crippen molar-refractivity contribution in [1.82, 2.24) is 0 Å². The summed E-state index contributed by atoms with van der Waals surface area (Å²) >= 11 is 2.21. The van der Waals surface area contributed by atoms with E-state index in [1.807, 2.05) is 0 Å². The Balaban J connectivity index is -0.00000264. The number of hydrogen-bond donors (Lipinski definition) is 1. The minimum atomic E-state index is -2.93. The fourth-order valence-electron chi connectivity index (χ4n) is 2.01. The molecule has 0 aliphatic heterocycles. The molecule has 3 unspecified atom stereocenters. The molecule has 0 aromatic heterocycles. The normalized spacial score (nSPS) is 13.7. The Labute approximate surface area is 174 Å². The molecule has 0 saturated heterocycles. The summed E-state index contributed by atoms with van der Waals surface area (Å²) in [7, 11) is -2.93. The summed E-state index contributed by atoms with van der Waals surface area (Å²) < 4.78 is 10.9. The van der Waals surface area contributed by atoms with Crippen molar-refractivity contribution in [3.63, 3.8) is 0 Å². The summed E-state index contributed by atoms with van der Waals surface area (Å²) in [6.07, 6.45) is 6.67. The second kappa shape index (κ2) is 18.0. The molecule has 0 radical (unpaired) electrons. The van der Waals surface area contributed by atoms with E-state index < -0.39 is 13.9 Å². The van der Waals surface area contributed by atoms with Gasteiger partial charge in [0.25, 0.3) is 5.85 Å². The average molecular weight is 404 g/mol. The number of aliphatic hydroxyl groups excluding tert-OH is 1. The number of hydrogen-bond acceptors (Lipinski definition) is 7. The van der Waals surface area contributed by atoms with Crippen molar-refractivity contribution in [2.24, 2.45) is 0 Å². The van der Waals surface area contributed by atoms with Crippen LogP contribution >= 0.6 is 31.6 Å². The largest absolute Gasteiger partial charge is 1.00 e. The molecule has 0 aliphatic rings. The molecule has 5 nitrogen and oxygen atoms in total. The zero-order valence-corrected chi connectivity index (χ0v) is 18.1. The summed E-state index contributed by atoms with van der Waals surface area (Å²) in [5.41, 5.74) is 0. The molecule has 0 fully saturated rings. The summed E-state index contributed by atoms with van der Waals surface area (Å²) in [6, 6.07) is 0. The molecule has 0 saturated carbocycles. The van der Waals surface area contributed by atoms with Crippen molar-refractivity contribution in [3.8, 4) is 0 Å². The Morgan fingerprint density at radius 3 is 2.08 bits per heavy atom. The topological polar surface area (TPSA) is 94.5 Å². The Hall–Kier alpha value is 0.657. The fourth-order valence-corrected chi connectivity index (χ4v) is 4.77. The van der Waals surface area contributed by atoms with Crippen LogP contribution in [-0.4, -0.2) is 32.2 Å². The van der Waals surface area contributed by atoms with E-state index in [1.165, 1.54) is 0 Å². The van der Waals surface area contributed by atoms with Gasteiger partial charge in [0.1, 0.15) is 0 Å². The van der Waals surface area contributed by atoms with E-state index in [-0.39, 0.29) is 42.2 Å². The van der Waals surface area contributed by atoms with Crippen LogP contribution in [0.4, 0.5) is 0 Å². The number of thioether (sulfide) groups is 2. The first-order chi connectivity index (χ1) is 11.4. The van der Waals surface area contributed by atoms with Gasteiger partial charge in [-0.3, -0.25) is 9.59 Å². The van der Waals surface area contributed by atoms with Gasteiger partial charge in [0.2, 0.25) is 0 Å². The molecule has 0 spiro atoms. The second-order valence-corrected chi connectivity index (χ2v) is 9.31. The van der Waals surface area contributed by atoms with Crippen molar-refractivity contribution in [1.29, 1.82) is 0 Å². The Bertz CT molecular complexity index is 405.